The standard InChI is InChI=1S/C13H24ClNO2S/c14-9-8-13(6-7-13)11-15-18(16,17)10-12-4-2-1-3-5-12/h12,15H,1-11H2. The topological polar surface area (TPSA) is 46.2 Å². The molecule has 0 unspecified atom stereocenters. The predicted molar refractivity (Wildman–Crippen MR) is 75.4 cm³/mol. The Bertz CT molecular complexity index is 359. The average Bonchev–Trinajstić information content (AvgIpc) is 3.09. The molecule has 2 aliphatic carbocycles. The Hall–Kier alpha value is 0.200. The van der Waals surface area contributed by atoms with Crippen LogP contribution >= 0.6 is 11.6 Å². The van der Waals surface area contributed by atoms with Crippen molar-refractivity contribution in [3.05, 3.63) is 0 Å². The maximum absolute atomic E-state index is 12.0. The SMILES string of the molecule is O=S(=O)(CC1CCCCC1)NCC1(CCCl)CC1. The Morgan fingerprint density at radius 1 is 1.17 bits per heavy atom. The molecule has 0 bridgehead atoms. The fourth-order valence-corrected chi connectivity index (χ4v) is 4.88. The van der Waals surface area contributed by atoms with Gasteiger partial charge in [0.15, 0.2) is 0 Å². The molecule has 1 N–H and O–H groups in total. The second-order valence-electron chi connectivity index (χ2n) is 6.05. The number of sulfonamides is 1. The first-order chi connectivity index (χ1) is 8.55. The summed E-state index contributed by atoms with van der Waals surface area (Å²) in [4.78, 5) is 0. The number of nitrogens with one attached hydrogen (secondary N) is 1. The van der Waals surface area contributed by atoms with E-state index in [0.29, 0.717) is 24.1 Å². The fourth-order valence-electron chi connectivity index (χ4n) is 2.88. The molecular weight excluding hydrogens is 270 g/mol. The smallest absolute Gasteiger partial charge is 0.211 e. The lowest BCUT2D eigenvalue weighted by Gasteiger charge is -2.22. The molecule has 0 atom stereocenters. The molecule has 0 spiro atoms. The molecule has 0 amide bonds. The van der Waals surface area contributed by atoms with E-state index >= 15 is 0 Å². The molecular formula is C13H24ClNO2S. The van der Waals surface area contributed by atoms with Crippen molar-refractivity contribution in [1.82, 2.24) is 4.72 Å². The van der Waals surface area contributed by atoms with E-state index in [0.717, 1.165) is 32.1 Å². The average molecular weight is 294 g/mol. The van der Waals surface area contributed by atoms with E-state index in [-0.39, 0.29) is 5.41 Å². The maximum atomic E-state index is 12.0. The number of alkyl halides is 1. The maximum Gasteiger partial charge on any atom is 0.211 e. The van der Waals surface area contributed by atoms with E-state index in [2.05, 4.69) is 4.72 Å². The minimum absolute atomic E-state index is 0.182. The molecule has 2 rings (SSSR count). The molecule has 2 saturated carbocycles. The lowest BCUT2D eigenvalue weighted by molar-refractivity contribution is 0.382. The van der Waals surface area contributed by atoms with E-state index in [1.165, 1.54) is 19.3 Å². The molecule has 3 nitrogen and oxygen atoms in total. The van der Waals surface area contributed by atoms with E-state index in [1.54, 1.807) is 0 Å². The van der Waals surface area contributed by atoms with Crippen LogP contribution in [0, 0.1) is 11.3 Å². The van der Waals surface area contributed by atoms with Crippen LogP contribution in [-0.4, -0.2) is 26.6 Å². The second-order valence-corrected chi connectivity index (χ2v) is 8.28. The van der Waals surface area contributed by atoms with Crippen molar-refractivity contribution in [1.29, 1.82) is 0 Å². The van der Waals surface area contributed by atoms with Gasteiger partial charge >= 0.3 is 0 Å². The number of hydrogen-bond donors (Lipinski definition) is 1. The molecule has 2 aliphatic rings. The van der Waals surface area contributed by atoms with Crippen molar-refractivity contribution in [2.75, 3.05) is 18.2 Å². The van der Waals surface area contributed by atoms with E-state index < -0.39 is 10.0 Å². The quantitative estimate of drug-likeness (QED) is 0.734. The predicted octanol–water partition coefficient (Wildman–Crippen LogP) is 2.90. The second kappa shape index (κ2) is 6.10. The van der Waals surface area contributed by atoms with Gasteiger partial charge in [0.25, 0.3) is 0 Å². The van der Waals surface area contributed by atoms with Crippen molar-refractivity contribution in [2.24, 2.45) is 11.3 Å². The molecule has 0 radical (unpaired) electrons. The minimum atomic E-state index is -3.09. The van der Waals surface area contributed by atoms with Crippen LogP contribution in [0.2, 0.25) is 0 Å². The zero-order chi connectivity index (χ0) is 13.1. The van der Waals surface area contributed by atoms with Gasteiger partial charge in [0.05, 0.1) is 5.75 Å². The molecule has 106 valence electrons. The summed E-state index contributed by atoms with van der Waals surface area (Å²) in [5.41, 5.74) is 0.182. The van der Waals surface area contributed by atoms with Crippen LogP contribution in [0.25, 0.3) is 0 Å². The van der Waals surface area contributed by atoms with Gasteiger partial charge in [-0.2, -0.15) is 0 Å². The highest BCUT2D eigenvalue weighted by Crippen LogP contribution is 2.48. The molecule has 5 heteroatoms. The monoisotopic (exact) mass is 293 g/mol. The lowest BCUT2D eigenvalue weighted by atomic mass is 9.91. The van der Waals surface area contributed by atoms with Gasteiger partial charge in [0, 0.05) is 12.4 Å². The Balaban J connectivity index is 1.76. The largest absolute Gasteiger partial charge is 0.215 e. The third-order valence-electron chi connectivity index (χ3n) is 4.43. The van der Waals surface area contributed by atoms with Gasteiger partial charge in [-0.15, -0.1) is 11.6 Å². The van der Waals surface area contributed by atoms with Crippen LogP contribution in [0.3, 0.4) is 0 Å². The highest BCUT2D eigenvalue weighted by molar-refractivity contribution is 7.89. The minimum Gasteiger partial charge on any atom is -0.215 e. The Kier molecular flexibility index (Phi) is 4.95. The van der Waals surface area contributed by atoms with Gasteiger partial charge in [-0.05, 0) is 43.4 Å². The van der Waals surface area contributed by atoms with Crippen LogP contribution in [0.1, 0.15) is 51.4 Å². The molecule has 0 saturated heterocycles. The zero-order valence-corrected chi connectivity index (χ0v) is 12.5. The summed E-state index contributed by atoms with van der Waals surface area (Å²) < 4.78 is 26.9. The third-order valence-corrected chi connectivity index (χ3v) is 6.11. The summed E-state index contributed by atoms with van der Waals surface area (Å²) in [5, 5.41) is 0. The van der Waals surface area contributed by atoms with Crippen LogP contribution < -0.4 is 4.72 Å². The van der Waals surface area contributed by atoms with Gasteiger partial charge in [-0.25, -0.2) is 13.1 Å². The Morgan fingerprint density at radius 3 is 2.39 bits per heavy atom. The first kappa shape index (κ1) is 14.6. The summed E-state index contributed by atoms with van der Waals surface area (Å²) in [6.07, 6.45) is 8.97. The highest BCUT2D eigenvalue weighted by atomic mass is 35.5. The molecule has 0 aromatic rings. The summed E-state index contributed by atoms with van der Waals surface area (Å²) in [6, 6.07) is 0. The van der Waals surface area contributed by atoms with Crippen molar-refractivity contribution in [3.8, 4) is 0 Å². The third kappa shape index (κ3) is 4.39. The van der Waals surface area contributed by atoms with Crippen LogP contribution in [0.5, 0.6) is 0 Å². The van der Waals surface area contributed by atoms with E-state index in [1.807, 2.05) is 0 Å². The summed E-state index contributed by atoms with van der Waals surface area (Å²) >= 11 is 5.75. The normalized spacial score (nSPS) is 24.1. The number of hydrogen-bond acceptors (Lipinski definition) is 2. The van der Waals surface area contributed by atoms with Crippen LogP contribution in [-0.2, 0) is 10.0 Å². The van der Waals surface area contributed by atoms with E-state index in [4.69, 9.17) is 11.6 Å². The fraction of sp³-hybridized carbons (Fsp3) is 1.00. The number of halogens is 1. The molecule has 0 aromatic carbocycles. The van der Waals surface area contributed by atoms with Crippen molar-refractivity contribution in [2.45, 2.75) is 51.4 Å². The summed E-state index contributed by atoms with van der Waals surface area (Å²) in [6.45, 7) is 0.592. The molecule has 0 aliphatic heterocycles. The molecule has 2 fully saturated rings. The first-order valence-electron chi connectivity index (χ1n) is 7.09. The Morgan fingerprint density at radius 2 is 1.83 bits per heavy atom. The van der Waals surface area contributed by atoms with Crippen LogP contribution in [0.15, 0.2) is 0 Å². The van der Waals surface area contributed by atoms with Crippen molar-refractivity contribution < 1.29 is 8.42 Å². The van der Waals surface area contributed by atoms with Gasteiger partial charge < -0.3 is 0 Å². The molecule has 18 heavy (non-hydrogen) atoms. The lowest BCUT2D eigenvalue weighted by Crippen LogP contribution is -2.35. The zero-order valence-electron chi connectivity index (χ0n) is 11.0. The van der Waals surface area contributed by atoms with Crippen molar-refractivity contribution >= 4 is 21.6 Å². The van der Waals surface area contributed by atoms with Gasteiger partial charge in [-0.1, -0.05) is 19.3 Å². The van der Waals surface area contributed by atoms with Gasteiger partial charge in [0.2, 0.25) is 10.0 Å². The Labute approximate surface area is 116 Å². The molecule has 0 aromatic heterocycles. The van der Waals surface area contributed by atoms with Gasteiger partial charge in [0.1, 0.15) is 0 Å². The van der Waals surface area contributed by atoms with Crippen molar-refractivity contribution in [3.63, 3.8) is 0 Å². The molecule has 0 heterocycles. The number of rotatable bonds is 7. The first-order valence-corrected chi connectivity index (χ1v) is 9.27. The highest BCUT2D eigenvalue weighted by Gasteiger charge is 2.42. The summed E-state index contributed by atoms with van der Waals surface area (Å²) in [7, 11) is -3.09. The van der Waals surface area contributed by atoms with Gasteiger partial charge in [-0.3, -0.25) is 0 Å². The van der Waals surface area contributed by atoms with E-state index in [9.17, 15) is 8.42 Å². The summed E-state index contributed by atoms with van der Waals surface area (Å²) in [5.74, 6) is 1.33. The van der Waals surface area contributed by atoms with Crippen LogP contribution in [0.4, 0.5) is 0 Å².